The Hall–Kier alpha value is -3.10. The Labute approximate surface area is 152 Å². The Morgan fingerprint density at radius 2 is 1.78 bits per heavy atom. The Morgan fingerprint density at radius 1 is 1.04 bits per heavy atom. The van der Waals surface area contributed by atoms with Crippen LogP contribution >= 0.6 is 0 Å². The lowest BCUT2D eigenvalue weighted by Crippen LogP contribution is -2.12. The van der Waals surface area contributed by atoms with Crippen molar-refractivity contribution < 1.29 is 17.6 Å². The van der Waals surface area contributed by atoms with E-state index in [1.54, 1.807) is 12.1 Å². The summed E-state index contributed by atoms with van der Waals surface area (Å²) in [6.45, 7) is 1.86. The molecule has 1 N–H and O–H groups in total. The molecule has 1 atom stereocenters. The van der Waals surface area contributed by atoms with Gasteiger partial charge < -0.3 is 5.32 Å². The number of hydrogen-bond donors (Lipinski definition) is 1. The molecule has 2 aromatic heterocycles. The quantitative estimate of drug-likeness (QED) is 0.670. The number of pyridine rings is 1. The molecule has 0 amide bonds. The molecule has 9 heteroatoms. The minimum absolute atomic E-state index is 0.0360. The zero-order valence-corrected chi connectivity index (χ0v) is 14.2. The Balaban J connectivity index is 1.72. The average Bonchev–Trinajstić information content (AvgIpc) is 2.61. The van der Waals surface area contributed by atoms with Gasteiger partial charge in [0.15, 0.2) is 0 Å². The van der Waals surface area contributed by atoms with Crippen LogP contribution in [0.15, 0.2) is 48.9 Å². The molecule has 0 saturated carbocycles. The zero-order chi connectivity index (χ0) is 19.4. The van der Waals surface area contributed by atoms with Crippen molar-refractivity contribution in [2.45, 2.75) is 25.6 Å². The van der Waals surface area contributed by atoms with Crippen LogP contribution in [0.2, 0.25) is 0 Å². The number of rotatable bonds is 5. The maximum absolute atomic E-state index is 13.0. The molecule has 0 fully saturated rings. The number of hydrogen-bond acceptors (Lipinski definition) is 5. The molecular formula is C18H15F4N5. The lowest BCUT2D eigenvalue weighted by molar-refractivity contribution is -0.127. The van der Waals surface area contributed by atoms with Gasteiger partial charge in [0, 0.05) is 18.0 Å². The molecule has 1 aromatic carbocycles. The summed E-state index contributed by atoms with van der Waals surface area (Å²) in [6.07, 6.45) is -1.41. The van der Waals surface area contributed by atoms with E-state index in [9.17, 15) is 17.6 Å². The lowest BCUT2D eigenvalue weighted by atomic mass is 10.1. The van der Waals surface area contributed by atoms with Crippen molar-refractivity contribution in [3.05, 3.63) is 65.9 Å². The van der Waals surface area contributed by atoms with Gasteiger partial charge in [-0.3, -0.25) is 4.98 Å². The number of nitrogens with zero attached hydrogens (tertiary/aromatic N) is 4. The van der Waals surface area contributed by atoms with E-state index in [2.05, 4.69) is 25.5 Å². The summed E-state index contributed by atoms with van der Waals surface area (Å²) in [5.41, 5.74) is 1.59. The van der Waals surface area contributed by atoms with Gasteiger partial charge in [-0.05, 0) is 36.2 Å². The molecule has 0 aliphatic carbocycles. The van der Waals surface area contributed by atoms with Crippen LogP contribution in [0.4, 0.5) is 23.5 Å². The van der Waals surface area contributed by atoms with Crippen LogP contribution in [-0.2, 0) is 6.42 Å². The average molecular weight is 377 g/mol. The zero-order valence-electron chi connectivity index (χ0n) is 14.2. The SMILES string of the molecule is C[C@@H](Nc1ncc(-c2cncc(CC(F)(F)F)c2)nn1)c1ccc(F)cc1. The summed E-state index contributed by atoms with van der Waals surface area (Å²) >= 11 is 0. The van der Waals surface area contributed by atoms with Crippen molar-refractivity contribution in [1.29, 1.82) is 0 Å². The van der Waals surface area contributed by atoms with E-state index in [4.69, 9.17) is 0 Å². The Morgan fingerprint density at radius 3 is 2.41 bits per heavy atom. The Kier molecular flexibility index (Phi) is 5.29. The number of benzene rings is 1. The first-order valence-electron chi connectivity index (χ1n) is 8.03. The highest BCUT2D eigenvalue weighted by atomic mass is 19.4. The number of anilines is 1. The number of nitrogens with one attached hydrogen (secondary N) is 1. The van der Waals surface area contributed by atoms with Gasteiger partial charge in [-0.15, -0.1) is 10.2 Å². The van der Waals surface area contributed by atoms with Crippen molar-refractivity contribution >= 4 is 5.95 Å². The van der Waals surface area contributed by atoms with Gasteiger partial charge in [0.2, 0.25) is 5.95 Å². The van der Waals surface area contributed by atoms with Crippen LogP contribution in [0.5, 0.6) is 0 Å². The fourth-order valence-electron chi connectivity index (χ4n) is 2.46. The van der Waals surface area contributed by atoms with E-state index in [0.717, 1.165) is 11.8 Å². The summed E-state index contributed by atoms with van der Waals surface area (Å²) in [6, 6.07) is 7.18. The first-order valence-corrected chi connectivity index (χ1v) is 8.03. The highest BCUT2D eigenvalue weighted by Crippen LogP contribution is 2.24. The van der Waals surface area contributed by atoms with Gasteiger partial charge in [-0.2, -0.15) is 13.2 Å². The standard InChI is InChI=1S/C18H15F4N5/c1-11(13-2-4-15(19)5-3-13)25-17-24-10-16(26-27-17)14-6-12(8-23-9-14)7-18(20,21)22/h2-6,8-11H,7H2,1H3,(H,24,25,27)/t11-/m1/s1. The lowest BCUT2D eigenvalue weighted by Gasteiger charge is -2.13. The molecule has 5 nitrogen and oxygen atoms in total. The highest BCUT2D eigenvalue weighted by molar-refractivity contribution is 5.57. The molecule has 0 unspecified atom stereocenters. The van der Waals surface area contributed by atoms with Crippen LogP contribution in [0.3, 0.4) is 0 Å². The van der Waals surface area contributed by atoms with Gasteiger partial charge in [0.25, 0.3) is 0 Å². The highest BCUT2D eigenvalue weighted by Gasteiger charge is 2.27. The summed E-state index contributed by atoms with van der Waals surface area (Å²) in [5.74, 6) is -0.0791. The molecule has 0 aliphatic rings. The van der Waals surface area contributed by atoms with Crippen LogP contribution in [0.25, 0.3) is 11.3 Å². The van der Waals surface area contributed by atoms with Crippen LogP contribution < -0.4 is 5.32 Å². The van der Waals surface area contributed by atoms with Gasteiger partial charge in [-0.1, -0.05) is 12.1 Å². The molecule has 3 rings (SSSR count). The fraction of sp³-hybridized carbons (Fsp3) is 0.222. The second-order valence-corrected chi connectivity index (χ2v) is 5.96. The maximum atomic E-state index is 13.0. The summed E-state index contributed by atoms with van der Waals surface area (Å²) in [4.78, 5) is 7.95. The third-order valence-electron chi connectivity index (χ3n) is 3.77. The molecule has 3 aromatic rings. The second-order valence-electron chi connectivity index (χ2n) is 5.96. The summed E-state index contributed by atoms with van der Waals surface area (Å²) < 4.78 is 50.5. The Bertz CT molecular complexity index is 895. The number of aromatic nitrogens is 4. The summed E-state index contributed by atoms with van der Waals surface area (Å²) in [5, 5.41) is 11.0. The monoisotopic (exact) mass is 377 g/mol. The van der Waals surface area contributed by atoms with Gasteiger partial charge in [0.05, 0.1) is 18.7 Å². The normalized spacial score (nSPS) is 12.6. The van der Waals surface area contributed by atoms with Gasteiger partial charge in [0.1, 0.15) is 11.5 Å². The van der Waals surface area contributed by atoms with E-state index < -0.39 is 12.6 Å². The van der Waals surface area contributed by atoms with Crippen molar-refractivity contribution in [3.8, 4) is 11.3 Å². The van der Waals surface area contributed by atoms with E-state index in [1.807, 2.05) is 6.92 Å². The van der Waals surface area contributed by atoms with E-state index in [1.165, 1.54) is 30.6 Å². The minimum Gasteiger partial charge on any atom is -0.346 e. The van der Waals surface area contributed by atoms with Crippen molar-refractivity contribution in [1.82, 2.24) is 20.2 Å². The first kappa shape index (κ1) is 18.7. The molecular weight excluding hydrogens is 362 g/mol. The third kappa shape index (κ3) is 5.19. The van der Waals surface area contributed by atoms with E-state index in [-0.39, 0.29) is 23.4 Å². The van der Waals surface area contributed by atoms with E-state index in [0.29, 0.717) is 11.3 Å². The molecule has 27 heavy (non-hydrogen) atoms. The number of halogens is 4. The predicted molar refractivity (Wildman–Crippen MR) is 91.3 cm³/mol. The molecule has 0 radical (unpaired) electrons. The van der Waals surface area contributed by atoms with Crippen LogP contribution in [0, 0.1) is 5.82 Å². The minimum atomic E-state index is -4.31. The second kappa shape index (κ2) is 7.65. The molecule has 2 heterocycles. The molecule has 0 saturated heterocycles. The van der Waals surface area contributed by atoms with Crippen LogP contribution in [-0.4, -0.2) is 26.3 Å². The molecule has 0 aliphatic heterocycles. The van der Waals surface area contributed by atoms with Crippen molar-refractivity contribution in [2.24, 2.45) is 0 Å². The fourth-order valence-corrected chi connectivity index (χ4v) is 2.46. The van der Waals surface area contributed by atoms with Crippen LogP contribution in [0.1, 0.15) is 24.1 Å². The number of alkyl halides is 3. The maximum Gasteiger partial charge on any atom is 0.393 e. The first-order chi connectivity index (χ1) is 12.8. The molecule has 0 bridgehead atoms. The van der Waals surface area contributed by atoms with Crippen molar-refractivity contribution in [2.75, 3.05) is 5.32 Å². The molecule has 140 valence electrons. The van der Waals surface area contributed by atoms with Gasteiger partial charge in [-0.25, -0.2) is 9.37 Å². The van der Waals surface area contributed by atoms with Crippen molar-refractivity contribution in [3.63, 3.8) is 0 Å². The predicted octanol–water partition coefficient (Wildman–Crippen LogP) is 4.35. The topological polar surface area (TPSA) is 63.6 Å². The molecule has 0 spiro atoms. The third-order valence-corrected chi connectivity index (χ3v) is 3.77. The summed E-state index contributed by atoms with van der Waals surface area (Å²) in [7, 11) is 0. The largest absolute Gasteiger partial charge is 0.393 e. The van der Waals surface area contributed by atoms with Gasteiger partial charge >= 0.3 is 6.18 Å². The smallest absolute Gasteiger partial charge is 0.346 e. The van der Waals surface area contributed by atoms with E-state index >= 15 is 0 Å².